The third-order valence-corrected chi connectivity index (χ3v) is 5.51. The molecule has 0 fully saturated rings. The molecule has 1 aliphatic rings. The van der Waals surface area contributed by atoms with Crippen molar-refractivity contribution in [3.05, 3.63) is 39.9 Å². The number of aromatic nitrogens is 1. The van der Waals surface area contributed by atoms with Crippen LogP contribution >= 0.6 is 11.3 Å². The first kappa shape index (κ1) is 18.5. The fraction of sp³-hybridized carbons (Fsp3) is 0.421. The van der Waals surface area contributed by atoms with E-state index in [1.54, 1.807) is 0 Å². The van der Waals surface area contributed by atoms with Gasteiger partial charge in [-0.1, -0.05) is 32.0 Å². The van der Waals surface area contributed by atoms with Crippen molar-refractivity contribution in [2.75, 3.05) is 24.2 Å². The molecule has 0 atom stereocenters. The predicted octanol–water partition coefficient (Wildman–Crippen LogP) is 3.14. The van der Waals surface area contributed by atoms with Gasteiger partial charge in [-0.05, 0) is 31.0 Å². The highest BCUT2D eigenvalue weighted by atomic mass is 32.1. The largest absolute Gasteiger partial charge is 0.317 e. The lowest BCUT2D eigenvalue weighted by atomic mass is 9.98. The van der Waals surface area contributed by atoms with Gasteiger partial charge >= 0.3 is 11.8 Å². The van der Waals surface area contributed by atoms with Gasteiger partial charge in [0.15, 0.2) is 5.13 Å². The number of rotatable bonds is 3. The van der Waals surface area contributed by atoms with Gasteiger partial charge in [-0.3, -0.25) is 14.9 Å². The van der Waals surface area contributed by atoms with Crippen LogP contribution in [0.4, 0.5) is 10.8 Å². The Morgan fingerprint density at radius 3 is 2.69 bits per heavy atom. The Morgan fingerprint density at radius 2 is 1.96 bits per heavy atom. The van der Waals surface area contributed by atoms with Crippen molar-refractivity contribution in [2.45, 2.75) is 39.7 Å². The number of hydrogen-bond acceptors (Lipinski definition) is 5. The van der Waals surface area contributed by atoms with Gasteiger partial charge in [0.05, 0.1) is 5.69 Å². The Kier molecular flexibility index (Phi) is 5.38. The van der Waals surface area contributed by atoms with Crippen LogP contribution in [0.5, 0.6) is 0 Å². The van der Waals surface area contributed by atoms with Crippen molar-refractivity contribution < 1.29 is 9.59 Å². The highest BCUT2D eigenvalue weighted by Crippen LogP contribution is 2.29. The maximum Gasteiger partial charge on any atom is 0.315 e. The Bertz CT molecular complexity index is 844. The van der Waals surface area contributed by atoms with E-state index in [4.69, 9.17) is 0 Å². The number of nitrogens with one attached hydrogen (secondary N) is 2. The van der Waals surface area contributed by atoms with Gasteiger partial charge in [0, 0.05) is 30.1 Å². The maximum atomic E-state index is 12.4. The zero-order chi connectivity index (χ0) is 18.8. The highest BCUT2D eigenvalue weighted by molar-refractivity contribution is 7.16. The molecule has 7 heteroatoms. The molecule has 1 aromatic carbocycles. The normalized spacial score (nSPS) is 14.2. The van der Waals surface area contributed by atoms with E-state index in [0.29, 0.717) is 10.8 Å². The third kappa shape index (κ3) is 3.94. The monoisotopic (exact) mass is 372 g/mol. The van der Waals surface area contributed by atoms with Crippen LogP contribution in [0.1, 0.15) is 41.5 Å². The summed E-state index contributed by atoms with van der Waals surface area (Å²) in [6.07, 6.45) is 0.866. The van der Waals surface area contributed by atoms with E-state index in [-0.39, 0.29) is 5.92 Å². The van der Waals surface area contributed by atoms with E-state index < -0.39 is 11.8 Å². The third-order valence-electron chi connectivity index (χ3n) is 4.51. The fourth-order valence-corrected chi connectivity index (χ4v) is 4.13. The number of hydrogen-bond donors (Lipinski definition) is 2. The topological polar surface area (TPSA) is 74.3 Å². The molecule has 2 N–H and O–H groups in total. The molecule has 0 unspecified atom stereocenters. The van der Waals surface area contributed by atoms with E-state index >= 15 is 0 Å². The zero-order valence-electron chi connectivity index (χ0n) is 15.5. The minimum absolute atomic E-state index is 0.246. The van der Waals surface area contributed by atoms with Crippen molar-refractivity contribution in [2.24, 2.45) is 0 Å². The zero-order valence-corrected chi connectivity index (χ0v) is 16.4. The number of para-hydroxylation sites is 1. The summed E-state index contributed by atoms with van der Waals surface area (Å²) in [5.74, 6) is -1.12. The molecule has 0 saturated heterocycles. The minimum Gasteiger partial charge on any atom is -0.317 e. The Hall–Kier alpha value is -2.25. The summed E-state index contributed by atoms with van der Waals surface area (Å²) in [4.78, 5) is 32.5. The van der Waals surface area contributed by atoms with Gasteiger partial charge in [-0.25, -0.2) is 4.98 Å². The Balaban J connectivity index is 1.71. The molecule has 138 valence electrons. The van der Waals surface area contributed by atoms with E-state index in [0.717, 1.165) is 41.2 Å². The number of carbonyl (C=O) groups excluding carboxylic acids is 2. The minimum atomic E-state index is -0.692. The van der Waals surface area contributed by atoms with Gasteiger partial charge in [0.1, 0.15) is 0 Å². The number of nitrogens with zero attached hydrogens (tertiary/aromatic N) is 2. The van der Waals surface area contributed by atoms with Crippen molar-refractivity contribution in [1.82, 2.24) is 9.88 Å². The van der Waals surface area contributed by atoms with E-state index in [2.05, 4.69) is 41.4 Å². The van der Waals surface area contributed by atoms with Gasteiger partial charge < -0.3 is 10.2 Å². The average Bonchev–Trinajstić information content (AvgIpc) is 2.97. The first-order chi connectivity index (χ1) is 12.3. The summed E-state index contributed by atoms with van der Waals surface area (Å²) >= 11 is 1.44. The number of aryl methyl sites for hydroxylation is 1. The summed E-state index contributed by atoms with van der Waals surface area (Å²) in [6.45, 7) is 7.82. The highest BCUT2D eigenvalue weighted by Gasteiger charge is 2.22. The molecular weight excluding hydrogens is 348 g/mol. The summed E-state index contributed by atoms with van der Waals surface area (Å²) in [7, 11) is 2.06. The summed E-state index contributed by atoms with van der Waals surface area (Å²) in [5.41, 5.74) is 3.68. The number of amides is 2. The molecule has 6 nitrogen and oxygen atoms in total. The molecule has 0 bridgehead atoms. The Morgan fingerprint density at radius 1 is 1.23 bits per heavy atom. The second-order valence-electron chi connectivity index (χ2n) is 6.98. The van der Waals surface area contributed by atoms with E-state index in [9.17, 15) is 9.59 Å². The molecule has 26 heavy (non-hydrogen) atoms. The fourth-order valence-electron chi connectivity index (χ4n) is 3.04. The molecule has 2 amide bonds. The van der Waals surface area contributed by atoms with Crippen LogP contribution in [0.15, 0.2) is 18.2 Å². The standard InChI is InChI=1S/C19H24N4O2S/c1-11(2)13-7-5-6-12(3)16(13)21-17(24)18(25)22-19-20-14-8-9-23(4)10-15(14)26-19/h5-7,11H,8-10H2,1-4H3,(H,21,24)(H,20,22,25). The smallest absolute Gasteiger partial charge is 0.315 e. The van der Waals surface area contributed by atoms with Crippen LogP contribution in [-0.4, -0.2) is 35.3 Å². The lowest BCUT2D eigenvalue weighted by Crippen LogP contribution is -2.29. The van der Waals surface area contributed by atoms with Crippen molar-refractivity contribution in [3.8, 4) is 0 Å². The van der Waals surface area contributed by atoms with Gasteiger partial charge in [0.25, 0.3) is 0 Å². The summed E-state index contributed by atoms with van der Waals surface area (Å²) in [5, 5.41) is 5.89. The second kappa shape index (κ2) is 7.55. The van der Waals surface area contributed by atoms with Crippen LogP contribution in [0.2, 0.25) is 0 Å². The summed E-state index contributed by atoms with van der Waals surface area (Å²) < 4.78 is 0. The van der Waals surface area contributed by atoms with Crippen molar-refractivity contribution in [3.63, 3.8) is 0 Å². The second-order valence-corrected chi connectivity index (χ2v) is 8.06. The first-order valence-corrected chi connectivity index (χ1v) is 9.55. The summed E-state index contributed by atoms with van der Waals surface area (Å²) in [6, 6.07) is 5.85. The van der Waals surface area contributed by atoms with Gasteiger partial charge in [-0.15, -0.1) is 11.3 Å². The number of fused-ring (bicyclic) bond motifs is 1. The maximum absolute atomic E-state index is 12.4. The van der Waals surface area contributed by atoms with Crippen LogP contribution < -0.4 is 10.6 Å². The average molecular weight is 372 g/mol. The van der Waals surface area contributed by atoms with E-state index in [1.807, 2.05) is 25.1 Å². The number of carbonyl (C=O) groups is 2. The van der Waals surface area contributed by atoms with Crippen molar-refractivity contribution in [1.29, 1.82) is 0 Å². The van der Waals surface area contributed by atoms with Crippen LogP contribution in [0.25, 0.3) is 0 Å². The lowest BCUT2D eigenvalue weighted by Gasteiger charge is -2.20. The number of thiazole rings is 1. The van der Waals surface area contributed by atoms with Crippen LogP contribution in [0.3, 0.4) is 0 Å². The van der Waals surface area contributed by atoms with Crippen molar-refractivity contribution >= 4 is 34.0 Å². The van der Waals surface area contributed by atoms with Crippen LogP contribution in [0, 0.1) is 6.92 Å². The molecular formula is C19H24N4O2S. The molecule has 1 aromatic heterocycles. The number of benzene rings is 1. The molecule has 1 aliphatic heterocycles. The number of anilines is 2. The molecule has 0 radical (unpaired) electrons. The molecule has 0 aliphatic carbocycles. The molecule has 0 spiro atoms. The molecule has 2 aromatic rings. The van der Waals surface area contributed by atoms with E-state index in [1.165, 1.54) is 11.3 Å². The van der Waals surface area contributed by atoms with Gasteiger partial charge in [-0.2, -0.15) is 0 Å². The lowest BCUT2D eigenvalue weighted by molar-refractivity contribution is -0.133. The number of likely N-dealkylation sites (N-methyl/N-ethyl adjacent to an activating group) is 1. The van der Waals surface area contributed by atoms with Gasteiger partial charge in [0.2, 0.25) is 0 Å². The molecule has 3 rings (SSSR count). The molecule has 0 saturated carbocycles. The quantitative estimate of drug-likeness (QED) is 0.812. The SMILES string of the molecule is Cc1cccc(C(C)C)c1NC(=O)C(=O)Nc1nc2c(s1)CN(C)CC2. The van der Waals surface area contributed by atoms with Crippen LogP contribution in [-0.2, 0) is 22.6 Å². The Labute approximate surface area is 157 Å². The predicted molar refractivity (Wildman–Crippen MR) is 105 cm³/mol. The molecule has 2 heterocycles. The first-order valence-electron chi connectivity index (χ1n) is 8.74.